The Hall–Kier alpha value is -2.09. The Balaban J connectivity index is 4.47. The second-order valence-electron chi connectivity index (χ2n) is 5.06. The second kappa shape index (κ2) is 10.6. The van der Waals surface area contributed by atoms with Crippen LogP contribution in [0.5, 0.6) is 0 Å². The van der Waals surface area contributed by atoms with Crippen LogP contribution in [0.1, 0.15) is 39.0 Å². The summed E-state index contributed by atoms with van der Waals surface area (Å²) in [4.78, 5) is 34.3. The van der Waals surface area contributed by atoms with Gasteiger partial charge in [-0.3, -0.25) is 4.79 Å². The molecule has 0 aromatic rings. The van der Waals surface area contributed by atoms with Crippen LogP contribution in [0.4, 0.5) is 4.79 Å². The Morgan fingerprint density at radius 1 is 1.09 bits per heavy atom. The van der Waals surface area contributed by atoms with E-state index in [1.807, 2.05) is 0 Å². The van der Waals surface area contributed by atoms with Crippen molar-refractivity contribution >= 4 is 17.8 Å². The number of urea groups is 1. The summed E-state index contributed by atoms with van der Waals surface area (Å²) in [7, 11) is 0. The van der Waals surface area contributed by atoms with E-state index in [0.717, 1.165) is 0 Å². The highest BCUT2D eigenvalue weighted by molar-refractivity contribution is 5.88. The summed E-state index contributed by atoms with van der Waals surface area (Å²) >= 11 is 0. The maximum absolute atomic E-state index is 11.8. The number of rotatable bonds is 11. The number of aliphatic hydroxyl groups excluding tert-OH is 1. The van der Waals surface area contributed by atoms with Crippen molar-refractivity contribution in [2.75, 3.05) is 6.54 Å². The highest BCUT2D eigenvalue weighted by Crippen LogP contribution is 2.05. The van der Waals surface area contributed by atoms with Gasteiger partial charge in [-0.2, -0.15) is 0 Å². The molecule has 0 aliphatic rings. The monoisotopic (exact) mass is 315 g/mol. The molecule has 0 bridgehead atoms. The molecule has 0 rings (SSSR count). The Morgan fingerprint density at radius 2 is 1.68 bits per heavy atom. The van der Waals surface area contributed by atoms with Crippen LogP contribution in [0, 0.1) is 0 Å². The molecular weight excluding hydrogens is 290 g/mol. The lowest BCUT2D eigenvalue weighted by Crippen LogP contribution is -2.50. The van der Waals surface area contributed by atoms with Crippen LogP contribution in [-0.4, -0.2) is 46.6 Å². The van der Waals surface area contributed by atoms with E-state index in [2.05, 4.69) is 17.2 Å². The van der Waals surface area contributed by atoms with E-state index in [9.17, 15) is 14.4 Å². The van der Waals surface area contributed by atoms with E-state index in [0.29, 0.717) is 19.4 Å². The molecule has 0 aliphatic heterocycles. The van der Waals surface area contributed by atoms with Gasteiger partial charge in [0.15, 0.2) is 5.78 Å². The zero-order valence-electron chi connectivity index (χ0n) is 12.8. The minimum atomic E-state index is -1.14. The highest BCUT2D eigenvalue weighted by Gasteiger charge is 2.22. The lowest BCUT2D eigenvalue weighted by atomic mass is 10.1. The fraction of sp³-hybridized carbons (Fsp3) is 0.643. The van der Waals surface area contributed by atoms with E-state index in [1.165, 1.54) is 6.92 Å². The van der Waals surface area contributed by atoms with Gasteiger partial charge in [0.05, 0.1) is 11.8 Å². The molecule has 0 heterocycles. The number of amides is 2. The molecule has 126 valence electrons. The standard InChI is InChI=1S/C14H25N3O5/c1-9(18)6-7-11(10(2)19)16-14(22)17-12(13(20)21)5-3-4-8-15/h11-12,18H,1,3-8,15H2,2H3,(H,20,21)(H2,16,17,22). The van der Waals surface area contributed by atoms with E-state index < -0.39 is 24.1 Å². The van der Waals surface area contributed by atoms with Crippen LogP contribution in [0.2, 0.25) is 0 Å². The number of aliphatic carboxylic acids is 1. The fourth-order valence-electron chi connectivity index (χ4n) is 1.80. The number of unbranched alkanes of at least 4 members (excludes halogenated alkanes) is 1. The number of allylic oxidation sites excluding steroid dienone is 1. The van der Waals surface area contributed by atoms with Crippen LogP contribution in [0.25, 0.3) is 0 Å². The lowest BCUT2D eigenvalue weighted by Gasteiger charge is -2.19. The van der Waals surface area contributed by atoms with E-state index >= 15 is 0 Å². The molecule has 6 N–H and O–H groups in total. The van der Waals surface area contributed by atoms with Crippen molar-refractivity contribution in [3.8, 4) is 0 Å². The van der Waals surface area contributed by atoms with Gasteiger partial charge in [0, 0.05) is 6.42 Å². The first-order valence-electron chi connectivity index (χ1n) is 7.15. The molecule has 2 amide bonds. The number of carbonyl (C=O) groups excluding carboxylic acids is 2. The smallest absolute Gasteiger partial charge is 0.326 e. The Morgan fingerprint density at radius 3 is 2.14 bits per heavy atom. The van der Waals surface area contributed by atoms with Crippen molar-refractivity contribution < 1.29 is 24.6 Å². The van der Waals surface area contributed by atoms with Gasteiger partial charge >= 0.3 is 12.0 Å². The topological polar surface area (TPSA) is 142 Å². The molecule has 22 heavy (non-hydrogen) atoms. The summed E-state index contributed by atoms with van der Waals surface area (Å²) < 4.78 is 0. The van der Waals surface area contributed by atoms with Gasteiger partial charge in [0.1, 0.15) is 6.04 Å². The van der Waals surface area contributed by atoms with Gasteiger partial charge in [-0.1, -0.05) is 6.58 Å². The number of carbonyl (C=O) groups is 3. The predicted molar refractivity (Wildman–Crippen MR) is 81.5 cm³/mol. The third kappa shape index (κ3) is 8.96. The molecule has 0 aromatic carbocycles. The second-order valence-corrected chi connectivity index (χ2v) is 5.06. The molecule has 0 fully saturated rings. The Labute approximate surface area is 129 Å². The van der Waals surface area contributed by atoms with Crippen molar-refractivity contribution in [3.63, 3.8) is 0 Å². The summed E-state index contributed by atoms with van der Waals surface area (Å²) in [6.45, 7) is 5.07. The van der Waals surface area contributed by atoms with Crippen LogP contribution in [0.3, 0.4) is 0 Å². The summed E-state index contributed by atoms with van der Waals surface area (Å²) in [5, 5.41) is 22.8. The minimum absolute atomic E-state index is 0.0846. The highest BCUT2D eigenvalue weighted by atomic mass is 16.4. The van der Waals surface area contributed by atoms with Crippen LogP contribution in [0.15, 0.2) is 12.3 Å². The summed E-state index contributed by atoms with van der Waals surface area (Å²) in [6.07, 6.45) is 1.88. The number of carboxylic acid groups (broad SMARTS) is 1. The largest absolute Gasteiger partial charge is 0.513 e. The van der Waals surface area contributed by atoms with Gasteiger partial charge in [-0.05, 0) is 39.2 Å². The van der Waals surface area contributed by atoms with Gasteiger partial charge in [0.2, 0.25) is 0 Å². The molecule has 0 saturated heterocycles. The summed E-state index contributed by atoms with van der Waals surface area (Å²) in [6, 6.07) is -2.57. The third-order valence-corrected chi connectivity index (χ3v) is 3.07. The predicted octanol–water partition coefficient (Wildman–Crippen LogP) is 0.677. The molecule has 2 unspecified atom stereocenters. The maximum atomic E-state index is 11.8. The molecule has 0 radical (unpaired) electrons. The van der Waals surface area contributed by atoms with Gasteiger partial charge < -0.3 is 26.6 Å². The van der Waals surface area contributed by atoms with Crippen LogP contribution in [-0.2, 0) is 9.59 Å². The lowest BCUT2D eigenvalue weighted by molar-refractivity contribution is -0.139. The number of carboxylic acids is 1. The van der Waals surface area contributed by atoms with E-state index in [-0.39, 0.29) is 30.8 Å². The van der Waals surface area contributed by atoms with E-state index in [1.54, 1.807) is 0 Å². The normalized spacial score (nSPS) is 13.0. The summed E-state index contributed by atoms with van der Waals surface area (Å²) in [5.41, 5.74) is 5.34. The number of aliphatic hydroxyl groups is 1. The average Bonchev–Trinajstić information content (AvgIpc) is 2.41. The van der Waals surface area contributed by atoms with Crippen molar-refractivity contribution in [1.82, 2.24) is 10.6 Å². The van der Waals surface area contributed by atoms with E-state index in [4.69, 9.17) is 15.9 Å². The minimum Gasteiger partial charge on any atom is -0.513 e. The number of Topliss-reactive ketones (excluding diaryl/α,β-unsaturated/α-hetero) is 1. The van der Waals surface area contributed by atoms with Crippen molar-refractivity contribution in [2.45, 2.75) is 51.1 Å². The van der Waals surface area contributed by atoms with Gasteiger partial charge in [-0.15, -0.1) is 0 Å². The third-order valence-electron chi connectivity index (χ3n) is 3.07. The number of nitrogens with two attached hydrogens (primary N) is 1. The number of hydrogen-bond acceptors (Lipinski definition) is 5. The molecule has 2 atom stereocenters. The van der Waals surface area contributed by atoms with Crippen LogP contribution < -0.4 is 16.4 Å². The first-order chi connectivity index (χ1) is 10.3. The first kappa shape index (κ1) is 19.9. The maximum Gasteiger partial charge on any atom is 0.326 e. The molecule has 0 aliphatic carbocycles. The quantitative estimate of drug-likeness (QED) is 0.280. The van der Waals surface area contributed by atoms with Crippen molar-refractivity contribution in [1.29, 1.82) is 0 Å². The molecular formula is C14H25N3O5. The SMILES string of the molecule is C=C(O)CCC(NC(=O)NC(CCCCN)C(=O)O)C(C)=O. The van der Waals surface area contributed by atoms with Crippen molar-refractivity contribution in [3.05, 3.63) is 12.3 Å². The van der Waals surface area contributed by atoms with Gasteiger partial charge in [0.25, 0.3) is 0 Å². The molecule has 8 nitrogen and oxygen atoms in total. The Bertz CT molecular complexity index is 411. The first-order valence-corrected chi connectivity index (χ1v) is 7.15. The average molecular weight is 315 g/mol. The molecule has 0 saturated carbocycles. The number of ketones is 1. The molecule has 0 aromatic heterocycles. The number of nitrogens with one attached hydrogen (secondary N) is 2. The molecule has 0 spiro atoms. The van der Waals surface area contributed by atoms with Gasteiger partial charge in [-0.25, -0.2) is 9.59 Å². The number of hydrogen-bond donors (Lipinski definition) is 5. The summed E-state index contributed by atoms with van der Waals surface area (Å²) in [5.74, 6) is -1.51. The zero-order chi connectivity index (χ0) is 17.1. The zero-order valence-corrected chi connectivity index (χ0v) is 12.8. The van der Waals surface area contributed by atoms with Crippen LogP contribution >= 0.6 is 0 Å². The Kier molecular flexibility index (Phi) is 9.60. The van der Waals surface area contributed by atoms with Crippen molar-refractivity contribution in [2.24, 2.45) is 5.73 Å². The fourth-order valence-corrected chi connectivity index (χ4v) is 1.80. The molecule has 8 heteroatoms.